The zero-order chi connectivity index (χ0) is 17.6. The maximum Gasteiger partial charge on any atom is 0.229 e. The van der Waals surface area contributed by atoms with E-state index in [-0.39, 0.29) is 5.02 Å². The van der Waals surface area contributed by atoms with Crippen molar-refractivity contribution in [3.8, 4) is 5.75 Å². The van der Waals surface area contributed by atoms with E-state index >= 15 is 0 Å². The van der Waals surface area contributed by atoms with Gasteiger partial charge in [-0.1, -0.05) is 23.7 Å². The maximum atomic E-state index is 13.2. The Kier molecular flexibility index (Phi) is 5.30. The average molecular weight is 359 g/mol. The minimum atomic E-state index is -0.468. The first-order chi connectivity index (χ1) is 12.2. The van der Waals surface area contributed by atoms with Gasteiger partial charge in [-0.25, -0.2) is 9.37 Å². The molecule has 0 spiro atoms. The molecule has 1 heterocycles. The average Bonchev–Trinajstić information content (AvgIpc) is 2.61. The first-order valence-corrected chi connectivity index (χ1v) is 8.07. The molecule has 0 saturated carbocycles. The van der Waals surface area contributed by atoms with Crippen molar-refractivity contribution in [1.82, 2.24) is 9.97 Å². The van der Waals surface area contributed by atoms with Crippen LogP contribution >= 0.6 is 11.6 Å². The molecule has 0 amide bonds. The van der Waals surface area contributed by atoms with Crippen molar-refractivity contribution < 1.29 is 9.13 Å². The van der Waals surface area contributed by atoms with E-state index in [4.69, 9.17) is 16.3 Å². The fourth-order valence-electron chi connectivity index (χ4n) is 2.18. The molecule has 1 aromatic heterocycles. The summed E-state index contributed by atoms with van der Waals surface area (Å²) in [6.45, 7) is 2.48. The van der Waals surface area contributed by atoms with Gasteiger partial charge in [0.15, 0.2) is 0 Å². The quantitative estimate of drug-likeness (QED) is 0.637. The molecule has 3 rings (SSSR count). The maximum absolute atomic E-state index is 13.2. The molecule has 0 aliphatic rings. The molecule has 0 aliphatic heterocycles. The van der Waals surface area contributed by atoms with E-state index in [1.54, 1.807) is 18.3 Å². The molecular formula is C18H16ClFN4O. The lowest BCUT2D eigenvalue weighted by Gasteiger charge is -2.12. The van der Waals surface area contributed by atoms with Crippen LogP contribution in [0.2, 0.25) is 5.02 Å². The lowest BCUT2D eigenvalue weighted by molar-refractivity contribution is 0.342. The zero-order valence-electron chi connectivity index (χ0n) is 13.5. The number of hydrogen-bond donors (Lipinski definition) is 2. The lowest BCUT2D eigenvalue weighted by Crippen LogP contribution is -2.02. The number of halogens is 2. The molecule has 0 atom stereocenters. The highest BCUT2D eigenvalue weighted by Gasteiger charge is 2.06. The molecule has 0 saturated heterocycles. The number of nitrogens with zero attached hydrogens (tertiary/aromatic N) is 2. The normalized spacial score (nSPS) is 10.4. The number of anilines is 4. The number of rotatable bonds is 6. The van der Waals surface area contributed by atoms with Gasteiger partial charge in [-0.3, -0.25) is 0 Å². The molecule has 3 aromatic rings. The van der Waals surface area contributed by atoms with E-state index in [1.165, 1.54) is 12.1 Å². The number of para-hydroxylation sites is 2. The van der Waals surface area contributed by atoms with Crippen LogP contribution in [0, 0.1) is 5.82 Å². The first kappa shape index (κ1) is 17.0. The van der Waals surface area contributed by atoms with E-state index in [0.717, 1.165) is 11.4 Å². The minimum absolute atomic E-state index is 0.0445. The van der Waals surface area contributed by atoms with Crippen LogP contribution < -0.4 is 15.4 Å². The fraction of sp³-hybridized carbons (Fsp3) is 0.111. The molecule has 0 radical (unpaired) electrons. The van der Waals surface area contributed by atoms with Crippen LogP contribution in [0.25, 0.3) is 0 Å². The largest absolute Gasteiger partial charge is 0.492 e. The van der Waals surface area contributed by atoms with Crippen molar-refractivity contribution >= 4 is 34.7 Å². The highest BCUT2D eigenvalue weighted by Crippen LogP contribution is 2.27. The number of aromatic nitrogens is 2. The van der Waals surface area contributed by atoms with Gasteiger partial charge in [0.2, 0.25) is 5.95 Å². The van der Waals surface area contributed by atoms with Gasteiger partial charge in [0, 0.05) is 11.9 Å². The Morgan fingerprint density at radius 1 is 1.12 bits per heavy atom. The number of ether oxygens (including phenoxy) is 1. The van der Waals surface area contributed by atoms with Crippen molar-refractivity contribution in [2.24, 2.45) is 0 Å². The van der Waals surface area contributed by atoms with Gasteiger partial charge >= 0.3 is 0 Å². The number of benzene rings is 2. The lowest BCUT2D eigenvalue weighted by atomic mass is 10.3. The van der Waals surface area contributed by atoms with Gasteiger partial charge in [-0.2, -0.15) is 4.98 Å². The molecule has 128 valence electrons. The fourth-order valence-corrected chi connectivity index (χ4v) is 2.36. The van der Waals surface area contributed by atoms with Crippen molar-refractivity contribution in [1.29, 1.82) is 0 Å². The van der Waals surface area contributed by atoms with Crippen LogP contribution in [0.15, 0.2) is 54.7 Å². The molecule has 2 aromatic carbocycles. The van der Waals surface area contributed by atoms with Gasteiger partial charge in [-0.15, -0.1) is 0 Å². The van der Waals surface area contributed by atoms with Crippen LogP contribution in [0.5, 0.6) is 5.75 Å². The van der Waals surface area contributed by atoms with Crippen LogP contribution in [-0.4, -0.2) is 16.6 Å². The molecule has 0 unspecified atom stereocenters. The van der Waals surface area contributed by atoms with Gasteiger partial charge in [0.1, 0.15) is 17.4 Å². The zero-order valence-corrected chi connectivity index (χ0v) is 14.2. The summed E-state index contributed by atoms with van der Waals surface area (Å²) in [7, 11) is 0. The molecular weight excluding hydrogens is 343 g/mol. The van der Waals surface area contributed by atoms with Crippen molar-refractivity contribution in [3.05, 3.63) is 65.6 Å². The summed E-state index contributed by atoms with van der Waals surface area (Å²) in [5.41, 5.74) is 1.40. The van der Waals surface area contributed by atoms with Crippen molar-refractivity contribution in [3.63, 3.8) is 0 Å². The standard InChI is InChI=1S/C18H16ClFN4O/c1-2-25-16-6-4-3-5-15(16)23-18-21-10-9-17(24-18)22-12-7-8-14(20)13(19)11-12/h3-11H,2H2,1H3,(H2,21,22,23,24). The Bertz CT molecular complexity index is 875. The van der Waals surface area contributed by atoms with E-state index in [0.29, 0.717) is 24.1 Å². The second-order valence-electron chi connectivity index (χ2n) is 5.07. The molecule has 0 aliphatic carbocycles. The third kappa shape index (κ3) is 4.36. The van der Waals surface area contributed by atoms with Crippen LogP contribution in [0.4, 0.5) is 27.5 Å². The summed E-state index contributed by atoms with van der Waals surface area (Å²) < 4.78 is 18.8. The monoisotopic (exact) mass is 358 g/mol. The second kappa shape index (κ2) is 7.81. The SMILES string of the molecule is CCOc1ccccc1Nc1nccc(Nc2ccc(F)c(Cl)c2)n1. The van der Waals surface area contributed by atoms with E-state index in [1.807, 2.05) is 31.2 Å². The van der Waals surface area contributed by atoms with Gasteiger partial charge in [-0.05, 0) is 43.3 Å². The van der Waals surface area contributed by atoms with Crippen LogP contribution in [0.1, 0.15) is 6.92 Å². The number of hydrogen-bond acceptors (Lipinski definition) is 5. The predicted octanol–water partition coefficient (Wildman–Crippen LogP) is 5.16. The van der Waals surface area contributed by atoms with Crippen molar-refractivity contribution in [2.75, 3.05) is 17.2 Å². The summed E-state index contributed by atoms with van der Waals surface area (Å²) in [5.74, 6) is 1.21. The summed E-state index contributed by atoms with van der Waals surface area (Å²) >= 11 is 5.79. The van der Waals surface area contributed by atoms with E-state index in [9.17, 15) is 4.39 Å². The highest BCUT2D eigenvalue weighted by molar-refractivity contribution is 6.31. The molecule has 0 bridgehead atoms. The smallest absolute Gasteiger partial charge is 0.229 e. The van der Waals surface area contributed by atoms with Gasteiger partial charge in [0.25, 0.3) is 0 Å². The Labute approximate surface area is 149 Å². The Morgan fingerprint density at radius 2 is 1.96 bits per heavy atom. The summed E-state index contributed by atoms with van der Waals surface area (Å²) in [6.07, 6.45) is 1.62. The summed E-state index contributed by atoms with van der Waals surface area (Å²) in [5, 5.41) is 6.24. The Morgan fingerprint density at radius 3 is 2.76 bits per heavy atom. The van der Waals surface area contributed by atoms with Crippen LogP contribution in [-0.2, 0) is 0 Å². The third-order valence-electron chi connectivity index (χ3n) is 3.28. The minimum Gasteiger partial charge on any atom is -0.492 e. The summed E-state index contributed by atoms with van der Waals surface area (Å²) in [6, 6.07) is 13.6. The predicted molar refractivity (Wildman–Crippen MR) is 97.6 cm³/mol. The number of nitrogens with one attached hydrogen (secondary N) is 2. The van der Waals surface area contributed by atoms with Gasteiger partial charge < -0.3 is 15.4 Å². The topological polar surface area (TPSA) is 59.1 Å². The van der Waals surface area contributed by atoms with E-state index in [2.05, 4.69) is 20.6 Å². The highest BCUT2D eigenvalue weighted by atomic mass is 35.5. The van der Waals surface area contributed by atoms with Crippen molar-refractivity contribution in [2.45, 2.75) is 6.92 Å². The Hall–Kier alpha value is -2.86. The van der Waals surface area contributed by atoms with Crippen LogP contribution in [0.3, 0.4) is 0 Å². The second-order valence-corrected chi connectivity index (χ2v) is 5.48. The molecule has 2 N–H and O–H groups in total. The molecule has 0 fully saturated rings. The Balaban J connectivity index is 1.78. The molecule has 7 heteroatoms. The van der Waals surface area contributed by atoms with Gasteiger partial charge in [0.05, 0.1) is 17.3 Å². The van der Waals surface area contributed by atoms with E-state index < -0.39 is 5.82 Å². The first-order valence-electron chi connectivity index (χ1n) is 7.69. The summed E-state index contributed by atoms with van der Waals surface area (Å²) in [4.78, 5) is 8.60. The third-order valence-corrected chi connectivity index (χ3v) is 3.57. The molecule has 25 heavy (non-hydrogen) atoms. The molecule has 5 nitrogen and oxygen atoms in total.